The lowest BCUT2D eigenvalue weighted by Crippen LogP contribution is -2.31. The molecule has 0 spiro atoms. The van der Waals surface area contributed by atoms with Crippen molar-refractivity contribution >= 4 is 27.5 Å². The number of fused-ring (bicyclic) bond motifs is 1. The highest BCUT2D eigenvalue weighted by atomic mass is 32.1. The number of thiophene rings is 1. The molecule has 1 amide bonds. The van der Waals surface area contributed by atoms with E-state index in [4.69, 9.17) is 0 Å². The summed E-state index contributed by atoms with van der Waals surface area (Å²) < 4.78 is 1.52. The average molecular weight is 367 g/mol. The largest absolute Gasteiger partial charge is 0.349 e. The first-order chi connectivity index (χ1) is 12.6. The summed E-state index contributed by atoms with van der Waals surface area (Å²) in [4.78, 5) is 29.9. The van der Waals surface area contributed by atoms with Crippen LogP contribution in [0.15, 0.2) is 46.8 Å². The van der Waals surface area contributed by atoms with E-state index in [-0.39, 0.29) is 23.9 Å². The fourth-order valence-electron chi connectivity index (χ4n) is 3.20. The minimum atomic E-state index is -0.0821. The maximum absolute atomic E-state index is 12.5. The second-order valence-corrected chi connectivity index (χ2v) is 7.82. The molecule has 0 aliphatic heterocycles. The van der Waals surface area contributed by atoms with Crippen LogP contribution in [-0.4, -0.2) is 15.5 Å². The number of hydrogen-bond donors (Lipinski definition) is 1. The van der Waals surface area contributed by atoms with Crippen molar-refractivity contribution < 1.29 is 4.79 Å². The highest BCUT2D eigenvalue weighted by molar-refractivity contribution is 7.16. The number of amides is 1. The number of nitrogens with zero attached hydrogens (tertiary/aromatic N) is 2. The second-order valence-electron chi connectivity index (χ2n) is 6.93. The Kier molecular flexibility index (Phi) is 4.59. The first-order valence-electron chi connectivity index (χ1n) is 8.90. The van der Waals surface area contributed by atoms with Gasteiger partial charge in [0.2, 0.25) is 5.91 Å². The Balaban J connectivity index is 1.43. The van der Waals surface area contributed by atoms with Crippen LogP contribution in [0.2, 0.25) is 0 Å². The van der Waals surface area contributed by atoms with Crippen molar-refractivity contribution in [1.82, 2.24) is 14.9 Å². The number of aromatic nitrogens is 2. The Hall–Kier alpha value is -2.47. The van der Waals surface area contributed by atoms with Gasteiger partial charge in [-0.25, -0.2) is 4.98 Å². The molecule has 3 aromatic rings. The first-order valence-corrected chi connectivity index (χ1v) is 9.78. The van der Waals surface area contributed by atoms with Crippen molar-refractivity contribution in [2.75, 3.05) is 0 Å². The Bertz CT molecular complexity index is 986. The van der Waals surface area contributed by atoms with E-state index in [9.17, 15) is 9.59 Å². The summed E-state index contributed by atoms with van der Waals surface area (Å²) in [5, 5.41) is 5.64. The Morgan fingerprint density at radius 1 is 1.31 bits per heavy atom. The molecule has 1 aliphatic carbocycles. The molecule has 26 heavy (non-hydrogen) atoms. The number of nitrogens with one attached hydrogen (secondary N) is 1. The standard InChI is InChI=1S/C20H21N3O2S/c1-13-2-4-14(5-3-13)18(15-6-7-15)22-17(24)8-10-23-12-21-19-16(20(23)25)9-11-26-19/h2-5,9,11-12,15,18H,6-8,10H2,1H3,(H,22,24). The number of carbonyl (C=O) groups excluding carboxylic acids is 1. The number of carbonyl (C=O) groups is 1. The molecule has 2 aromatic heterocycles. The molecule has 1 aromatic carbocycles. The van der Waals surface area contributed by atoms with E-state index in [1.165, 1.54) is 27.8 Å². The lowest BCUT2D eigenvalue weighted by Gasteiger charge is -2.19. The lowest BCUT2D eigenvalue weighted by atomic mass is 10.0. The van der Waals surface area contributed by atoms with E-state index in [0.29, 0.717) is 17.8 Å². The maximum Gasteiger partial charge on any atom is 0.262 e. The van der Waals surface area contributed by atoms with Crippen LogP contribution in [0.25, 0.3) is 10.2 Å². The van der Waals surface area contributed by atoms with Crippen molar-refractivity contribution in [3.05, 3.63) is 63.5 Å². The molecule has 4 rings (SSSR count). The lowest BCUT2D eigenvalue weighted by molar-refractivity contribution is -0.122. The minimum absolute atomic E-state index is 0.0280. The Morgan fingerprint density at radius 3 is 2.81 bits per heavy atom. The summed E-state index contributed by atoms with van der Waals surface area (Å²) >= 11 is 1.45. The van der Waals surface area contributed by atoms with Gasteiger partial charge in [-0.15, -0.1) is 11.3 Å². The normalized spacial score (nSPS) is 15.1. The predicted octanol–water partition coefficient (Wildman–Crippen LogP) is 3.42. The molecule has 0 saturated heterocycles. The van der Waals surface area contributed by atoms with Gasteiger partial charge in [-0.05, 0) is 42.7 Å². The van der Waals surface area contributed by atoms with Gasteiger partial charge in [-0.1, -0.05) is 29.8 Å². The van der Waals surface area contributed by atoms with Crippen molar-refractivity contribution in [2.24, 2.45) is 5.92 Å². The van der Waals surface area contributed by atoms with Crippen molar-refractivity contribution in [2.45, 2.75) is 38.8 Å². The molecule has 1 unspecified atom stereocenters. The minimum Gasteiger partial charge on any atom is -0.349 e. The van der Waals surface area contributed by atoms with Gasteiger partial charge in [0.25, 0.3) is 5.56 Å². The molecule has 0 radical (unpaired) electrons. The van der Waals surface area contributed by atoms with Crippen LogP contribution >= 0.6 is 11.3 Å². The Labute approximate surface area is 155 Å². The van der Waals surface area contributed by atoms with Crippen LogP contribution in [0.1, 0.15) is 36.4 Å². The number of rotatable bonds is 6. The zero-order valence-corrected chi connectivity index (χ0v) is 15.5. The van der Waals surface area contributed by atoms with Crippen LogP contribution in [0, 0.1) is 12.8 Å². The van der Waals surface area contributed by atoms with Gasteiger partial charge < -0.3 is 5.32 Å². The van der Waals surface area contributed by atoms with Gasteiger partial charge in [0.15, 0.2) is 0 Å². The van der Waals surface area contributed by atoms with E-state index < -0.39 is 0 Å². The SMILES string of the molecule is Cc1ccc(C(NC(=O)CCn2cnc3sccc3c2=O)C2CC2)cc1. The van der Waals surface area contributed by atoms with Gasteiger partial charge in [-0.2, -0.15) is 0 Å². The quantitative estimate of drug-likeness (QED) is 0.726. The molecule has 1 N–H and O–H groups in total. The van der Waals surface area contributed by atoms with Crippen LogP contribution in [0.4, 0.5) is 0 Å². The molecule has 2 heterocycles. The third-order valence-corrected chi connectivity index (χ3v) is 5.70. The topological polar surface area (TPSA) is 64.0 Å². The van der Waals surface area contributed by atoms with E-state index in [1.807, 2.05) is 5.38 Å². The molecule has 1 fully saturated rings. The Morgan fingerprint density at radius 2 is 2.08 bits per heavy atom. The second kappa shape index (κ2) is 7.03. The van der Waals surface area contributed by atoms with Crippen molar-refractivity contribution in [3.63, 3.8) is 0 Å². The molecule has 1 saturated carbocycles. The van der Waals surface area contributed by atoms with Gasteiger partial charge in [0, 0.05) is 13.0 Å². The summed E-state index contributed by atoms with van der Waals surface area (Å²) in [5.41, 5.74) is 2.29. The predicted molar refractivity (Wildman–Crippen MR) is 103 cm³/mol. The fourth-order valence-corrected chi connectivity index (χ4v) is 3.92. The molecular formula is C20H21N3O2S. The molecule has 1 aliphatic rings. The zero-order chi connectivity index (χ0) is 18.1. The average Bonchev–Trinajstić information content (AvgIpc) is 3.36. The maximum atomic E-state index is 12.5. The van der Waals surface area contributed by atoms with Crippen LogP contribution in [0.5, 0.6) is 0 Å². The van der Waals surface area contributed by atoms with E-state index >= 15 is 0 Å². The van der Waals surface area contributed by atoms with Crippen molar-refractivity contribution in [1.29, 1.82) is 0 Å². The third-order valence-electron chi connectivity index (χ3n) is 4.88. The molecule has 134 valence electrons. The number of aryl methyl sites for hydroxylation is 2. The van der Waals surface area contributed by atoms with E-state index in [2.05, 4.69) is 41.5 Å². The van der Waals surface area contributed by atoms with E-state index in [0.717, 1.165) is 23.2 Å². The molecular weight excluding hydrogens is 346 g/mol. The highest BCUT2D eigenvalue weighted by Crippen LogP contribution is 2.41. The van der Waals surface area contributed by atoms with Crippen LogP contribution < -0.4 is 10.9 Å². The van der Waals surface area contributed by atoms with Gasteiger partial charge in [0.1, 0.15) is 4.83 Å². The van der Waals surface area contributed by atoms with Crippen LogP contribution in [-0.2, 0) is 11.3 Å². The first kappa shape index (κ1) is 17.0. The molecule has 0 bridgehead atoms. The van der Waals surface area contributed by atoms with E-state index in [1.54, 1.807) is 6.07 Å². The summed E-state index contributed by atoms with van der Waals surface area (Å²) in [6.07, 6.45) is 4.10. The smallest absolute Gasteiger partial charge is 0.262 e. The highest BCUT2D eigenvalue weighted by Gasteiger charge is 2.33. The number of hydrogen-bond acceptors (Lipinski definition) is 4. The van der Waals surface area contributed by atoms with Gasteiger partial charge in [-0.3, -0.25) is 14.2 Å². The van der Waals surface area contributed by atoms with Gasteiger partial charge in [0.05, 0.1) is 17.8 Å². The molecule has 6 heteroatoms. The summed E-state index contributed by atoms with van der Waals surface area (Å²) in [5.74, 6) is 0.494. The van der Waals surface area contributed by atoms with Crippen molar-refractivity contribution in [3.8, 4) is 0 Å². The third kappa shape index (κ3) is 3.55. The van der Waals surface area contributed by atoms with Crippen LogP contribution in [0.3, 0.4) is 0 Å². The molecule has 5 nitrogen and oxygen atoms in total. The summed E-state index contributed by atoms with van der Waals surface area (Å²) in [6, 6.07) is 10.2. The zero-order valence-electron chi connectivity index (χ0n) is 14.6. The number of benzene rings is 1. The summed E-state index contributed by atoms with van der Waals surface area (Å²) in [6.45, 7) is 2.40. The summed E-state index contributed by atoms with van der Waals surface area (Å²) in [7, 11) is 0. The monoisotopic (exact) mass is 367 g/mol. The molecule has 1 atom stereocenters. The fraction of sp³-hybridized carbons (Fsp3) is 0.350. The van der Waals surface area contributed by atoms with Gasteiger partial charge >= 0.3 is 0 Å².